The summed E-state index contributed by atoms with van der Waals surface area (Å²) in [5, 5.41) is 5.08. The number of amides is 1. The number of hydrogen-bond acceptors (Lipinski definition) is 4. The Morgan fingerprint density at radius 3 is 2.74 bits per heavy atom. The molecule has 4 rings (SSSR count). The van der Waals surface area contributed by atoms with Gasteiger partial charge in [-0.3, -0.25) is 14.7 Å². The topological polar surface area (TPSA) is 59.8 Å². The number of halogens is 2. The van der Waals surface area contributed by atoms with E-state index in [1.54, 1.807) is 19.1 Å². The van der Waals surface area contributed by atoms with Crippen LogP contribution < -0.4 is 5.32 Å². The average molecular weight is 384 g/mol. The number of benzene rings is 2. The van der Waals surface area contributed by atoms with E-state index in [4.69, 9.17) is 0 Å². The quantitative estimate of drug-likeness (QED) is 0.532. The lowest BCUT2D eigenvalue weighted by Crippen LogP contribution is -2.11. The zero-order valence-corrected chi connectivity index (χ0v) is 15.0. The second kappa shape index (κ2) is 6.88. The van der Waals surface area contributed by atoms with Crippen LogP contribution in [0, 0.1) is 6.92 Å². The minimum absolute atomic E-state index is 0.131. The van der Waals surface area contributed by atoms with Gasteiger partial charge in [0.25, 0.3) is 5.91 Å². The highest BCUT2D eigenvalue weighted by molar-refractivity contribution is 7.19. The van der Waals surface area contributed by atoms with E-state index in [9.17, 15) is 13.6 Å². The molecule has 0 spiro atoms. The van der Waals surface area contributed by atoms with Gasteiger partial charge in [-0.25, -0.2) is 9.97 Å². The first-order valence-electron chi connectivity index (χ1n) is 8.12. The van der Waals surface area contributed by atoms with Crippen LogP contribution >= 0.6 is 11.3 Å². The number of thiazole rings is 1. The van der Waals surface area contributed by atoms with Crippen LogP contribution in [-0.4, -0.2) is 20.4 Å². The van der Waals surface area contributed by atoms with Crippen molar-refractivity contribution < 1.29 is 13.6 Å². The third-order valence-electron chi connectivity index (χ3n) is 4.11. The van der Waals surface area contributed by atoms with Crippen molar-refractivity contribution in [3.05, 3.63) is 66.1 Å². The van der Waals surface area contributed by atoms with E-state index in [-0.39, 0.29) is 11.7 Å². The number of carbonyl (C=O) groups excluding carboxylic acids is 1. The molecular formula is C19H14F2N4OS. The van der Waals surface area contributed by atoms with Gasteiger partial charge in [0.15, 0.2) is 11.0 Å². The molecular weight excluding hydrogens is 370 g/mol. The van der Waals surface area contributed by atoms with Gasteiger partial charge in [0.05, 0.1) is 10.6 Å². The van der Waals surface area contributed by atoms with Gasteiger partial charge in [0, 0.05) is 18.0 Å². The van der Waals surface area contributed by atoms with Crippen molar-refractivity contribution in [1.29, 1.82) is 0 Å². The summed E-state index contributed by atoms with van der Waals surface area (Å²) in [6, 6.07) is 13.2. The molecule has 4 aromatic rings. The number of nitrogens with zero attached hydrogens (tertiary/aromatic N) is 3. The van der Waals surface area contributed by atoms with Crippen molar-refractivity contribution in [3.63, 3.8) is 0 Å². The fraction of sp³-hybridized carbons (Fsp3) is 0.105. The number of hydrogen-bond donors (Lipinski definition) is 1. The summed E-state index contributed by atoms with van der Waals surface area (Å²) in [4.78, 5) is 21.3. The summed E-state index contributed by atoms with van der Waals surface area (Å²) in [5.41, 5.74) is 1.03. The fourth-order valence-electron chi connectivity index (χ4n) is 2.80. The molecule has 0 atom stereocenters. The first kappa shape index (κ1) is 17.3. The lowest BCUT2D eigenvalue weighted by Gasteiger charge is -2.04. The summed E-state index contributed by atoms with van der Waals surface area (Å²) in [6.45, 7) is -0.998. The fourth-order valence-corrected chi connectivity index (χ4v) is 3.77. The van der Waals surface area contributed by atoms with E-state index in [0.717, 1.165) is 26.7 Å². The molecule has 0 aliphatic heterocycles. The molecule has 0 aliphatic carbocycles. The van der Waals surface area contributed by atoms with Gasteiger partial charge in [0.1, 0.15) is 0 Å². The Morgan fingerprint density at radius 2 is 1.96 bits per heavy atom. The molecule has 2 aromatic carbocycles. The normalized spacial score (nSPS) is 11.3. The molecule has 2 heterocycles. The van der Waals surface area contributed by atoms with Crippen molar-refractivity contribution in [2.75, 3.05) is 5.32 Å². The lowest BCUT2D eigenvalue weighted by atomic mass is 10.1. The van der Waals surface area contributed by atoms with Gasteiger partial charge >= 0.3 is 6.55 Å². The number of aryl methyl sites for hydroxylation is 1. The predicted octanol–water partition coefficient (Wildman–Crippen LogP) is 5.12. The molecule has 0 bridgehead atoms. The van der Waals surface area contributed by atoms with Crippen LogP contribution in [0.25, 0.3) is 21.5 Å². The monoisotopic (exact) mass is 384 g/mol. The Balaban J connectivity index is 1.61. The van der Waals surface area contributed by atoms with Crippen LogP contribution in [-0.2, 0) is 0 Å². The summed E-state index contributed by atoms with van der Waals surface area (Å²) >= 11 is 1.12. The second-order valence-electron chi connectivity index (χ2n) is 5.89. The maximum absolute atomic E-state index is 13.1. The van der Waals surface area contributed by atoms with Crippen LogP contribution in [0.3, 0.4) is 0 Å². The molecule has 8 heteroatoms. The van der Waals surface area contributed by atoms with Crippen molar-refractivity contribution in [3.8, 4) is 10.7 Å². The number of nitrogens with one attached hydrogen (secondary N) is 1. The third-order valence-corrected chi connectivity index (χ3v) is 5.18. The highest BCUT2D eigenvalue weighted by Gasteiger charge is 2.19. The van der Waals surface area contributed by atoms with Crippen LogP contribution in [0.5, 0.6) is 0 Å². The van der Waals surface area contributed by atoms with Gasteiger partial charge in [-0.15, -0.1) is 0 Å². The van der Waals surface area contributed by atoms with Crippen molar-refractivity contribution in [2.45, 2.75) is 13.5 Å². The Hall–Kier alpha value is -3.13. The van der Waals surface area contributed by atoms with Crippen LogP contribution in [0.1, 0.15) is 22.6 Å². The predicted molar refractivity (Wildman–Crippen MR) is 101 cm³/mol. The van der Waals surface area contributed by atoms with Gasteiger partial charge in [-0.1, -0.05) is 41.7 Å². The van der Waals surface area contributed by atoms with E-state index in [2.05, 4.69) is 15.3 Å². The summed E-state index contributed by atoms with van der Waals surface area (Å²) < 4.78 is 26.9. The number of imidazole rings is 1. The van der Waals surface area contributed by atoms with Gasteiger partial charge < -0.3 is 0 Å². The minimum atomic E-state index is -2.69. The van der Waals surface area contributed by atoms with Gasteiger partial charge in [-0.05, 0) is 29.8 Å². The van der Waals surface area contributed by atoms with E-state index < -0.39 is 6.55 Å². The molecule has 136 valence electrons. The van der Waals surface area contributed by atoms with Gasteiger partial charge in [-0.2, -0.15) is 8.78 Å². The third kappa shape index (κ3) is 3.31. The Kier molecular flexibility index (Phi) is 4.41. The van der Waals surface area contributed by atoms with E-state index in [1.165, 1.54) is 12.4 Å². The molecule has 1 N–H and O–H groups in total. The molecule has 0 unspecified atom stereocenters. The largest absolute Gasteiger partial charge is 0.320 e. The zero-order valence-electron chi connectivity index (χ0n) is 14.2. The average Bonchev–Trinajstić information content (AvgIpc) is 3.27. The number of rotatable bonds is 4. The molecule has 27 heavy (non-hydrogen) atoms. The van der Waals surface area contributed by atoms with E-state index >= 15 is 0 Å². The minimum Gasteiger partial charge on any atom is -0.298 e. The number of carbonyl (C=O) groups is 1. The molecule has 0 radical (unpaired) electrons. The standard InChI is InChI=1S/C19H14F2N4OS/c1-11-15(16-22-8-9-25(16)18(20)21)27-19(23-11)24-17(26)14-7-6-12-4-2-3-5-13(12)10-14/h2-10,18H,1H3,(H,23,24,26). The molecule has 5 nitrogen and oxygen atoms in total. The van der Waals surface area contributed by atoms with Crippen LogP contribution in [0.15, 0.2) is 54.9 Å². The van der Waals surface area contributed by atoms with Crippen molar-refractivity contribution in [1.82, 2.24) is 14.5 Å². The molecule has 0 aliphatic rings. The maximum atomic E-state index is 13.1. The SMILES string of the molecule is Cc1nc(NC(=O)c2ccc3ccccc3c2)sc1-c1nccn1C(F)F. The second-order valence-corrected chi connectivity index (χ2v) is 6.88. The summed E-state index contributed by atoms with van der Waals surface area (Å²) in [7, 11) is 0. The number of aromatic nitrogens is 3. The molecule has 0 saturated carbocycles. The number of fused-ring (bicyclic) bond motifs is 1. The first-order valence-corrected chi connectivity index (χ1v) is 8.93. The highest BCUT2D eigenvalue weighted by atomic mass is 32.1. The highest BCUT2D eigenvalue weighted by Crippen LogP contribution is 2.33. The first-order chi connectivity index (χ1) is 13.0. The Bertz CT molecular complexity index is 1140. The maximum Gasteiger partial charge on any atom is 0.320 e. The van der Waals surface area contributed by atoms with Crippen LogP contribution in [0.2, 0.25) is 0 Å². The Labute approximate surface area is 157 Å². The van der Waals surface area contributed by atoms with E-state index in [0.29, 0.717) is 21.3 Å². The molecule has 2 aromatic heterocycles. The van der Waals surface area contributed by atoms with Gasteiger partial charge in [0.2, 0.25) is 0 Å². The Morgan fingerprint density at radius 1 is 1.19 bits per heavy atom. The molecule has 0 fully saturated rings. The number of anilines is 1. The van der Waals surface area contributed by atoms with Crippen molar-refractivity contribution >= 4 is 33.1 Å². The van der Waals surface area contributed by atoms with Crippen molar-refractivity contribution in [2.24, 2.45) is 0 Å². The van der Waals surface area contributed by atoms with Crippen LogP contribution in [0.4, 0.5) is 13.9 Å². The number of alkyl halides is 2. The zero-order chi connectivity index (χ0) is 19.0. The molecule has 1 amide bonds. The summed E-state index contributed by atoms with van der Waals surface area (Å²) in [5.74, 6) is -0.176. The molecule has 0 saturated heterocycles. The van der Waals surface area contributed by atoms with E-state index in [1.807, 2.05) is 30.3 Å². The summed E-state index contributed by atoms with van der Waals surface area (Å²) in [6.07, 6.45) is 2.53. The smallest absolute Gasteiger partial charge is 0.298 e. The lowest BCUT2D eigenvalue weighted by molar-refractivity contribution is 0.0720.